The summed E-state index contributed by atoms with van der Waals surface area (Å²) < 4.78 is 0. The first-order valence-corrected chi connectivity index (χ1v) is 7.42. The minimum Gasteiger partial charge on any atom is -0.295 e. The van der Waals surface area contributed by atoms with E-state index in [9.17, 15) is 4.79 Å². The van der Waals surface area contributed by atoms with Crippen LogP contribution in [0.15, 0.2) is 18.2 Å². The summed E-state index contributed by atoms with van der Waals surface area (Å²) >= 11 is 11.8. The van der Waals surface area contributed by atoms with Crippen LogP contribution in [-0.2, 0) is 0 Å². The van der Waals surface area contributed by atoms with E-state index in [1.807, 2.05) is 0 Å². The van der Waals surface area contributed by atoms with Gasteiger partial charge >= 0.3 is 0 Å². The van der Waals surface area contributed by atoms with Gasteiger partial charge < -0.3 is 0 Å². The van der Waals surface area contributed by atoms with Gasteiger partial charge in [0.25, 0.3) is 0 Å². The minimum absolute atomic E-state index is 0.111. The maximum Gasteiger partial charge on any atom is 0.176 e. The minimum atomic E-state index is 0.111. The Hall–Kier alpha value is -0.570. The van der Waals surface area contributed by atoms with E-state index in [-0.39, 0.29) is 5.78 Å². The molecule has 2 nitrogen and oxygen atoms in total. The highest BCUT2D eigenvalue weighted by Crippen LogP contribution is 2.24. The second kappa shape index (κ2) is 6.25. The molecule has 2 atom stereocenters. The van der Waals surface area contributed by atoms with Crippen LogP contribution in [0.5, 0.6) is 0 Å². The number of nitrogens with zero attached hydrogens (tertiary/aromatic N) is 1. The number of carbonyl (C=O) groups excluding carboxylic acids is 1. The van der Waals surface area contributed by atoms with Gasteiger partial charge in [0, 0.05) is 18.7 Å². The Labute approximate surface area is 124 Å². The molecule has 19 heavy (non-hydrogen) atoms. The van der Waals surface area contributed by atoms with E-state index in [4.69, 9.17) is 23.2 Å². The molecule has 4 heteroatoms. The Balaban J connectivity index is 2.02. The van der Waals surface area contributed by atoms with Gasteiger partial charge in [0.15, 0.2) is 5.78 Å². The van der Waals surface area contributed by atoms with Gasteiger partial charge in [-0.2, -0.15) is 0 Å². The number of benzene rings is 1. The van der Waals surface area contributed by atoms with Crippen LogP contribution in [0.4, 0.5) is 0 Å². The first kappa shape index (κ1) is 14.8. The first-order chi connectivity index (χ1) is 8.95. The zero-order valence-electron chi connectivity index (χ0n) is 11.3. The van der Waals surface area contributed by atoms with Crippen molar-refractivity contribution in [1.29, 1.82) is 0 Å². The second-order valence-electron chi connectivity index (χ2n) is 5.69. The number of halogens is 2. The largest absolute Gasteiger partial charge is 0.295 e. The van der Waals surface area contributed by atoms with Gasteiger partial charge in [-0.25, -0.2) is 0 Å². The smallest absolute Gasteiger partial charge is 0.176 e. The molecule has 1 fully saturated rings. The number of hydrogen-bond acceptors (Lipinski definition) is 2. The maximum atomic E-state index is 12.2. The molecule has 2 rings (SSSR count). The van der Waals surface area contributed by atoms with Crippen LogP contribution in [0, 0.1) is 11.8 Å². The van der Waals surface area contributed by atoms with E-state index in [1.54, 1.807) is 18.2 Å². The van der Waals surface area contributed by atoms with E-state index in [0.29, 0.717) is 34.0 Å². The summed E-state index contributed by atoms with van der Waals surface area (Å²) in [5.41, 5.74) is 0.639. The third-order valence-corrected chi connectivity index (χ3v) is 4.29. The number of ketones is 1. The summed E-state index contributed by atoms with van der Waals surface area (Å²) in [5, 5.41) is 0.923. The highest BCUT2D eigenvalue weighted by molar-refractivity contribution is 6.42. The van der Waals surface area contributed by atoms with Crippen molar-refractivity contribution in [2.24, 2.45) is 11.8 Å². The van der Waals surface area contributed by atoms with Crippen molar-refractivity contribution in [3.8, 4) is 0 Å². The average Bonchev–Trinajstić information content (AvgIpc) is 2.31. The average molecular weight is 300 g/mol. The lowest BCUT2D eigenvalue weighted by atomic mass is 9.91. The molecule has 1 saturated heterocycles. The molecule has 104 valence electrons. The van der Waals surface area contributed by atoms with Crippen LogP contribution in [-0.4, -0.2) is 30.3 Å². The molecule has 0 spiro atoms. The van der Waals surface area contributed by atoms with E-state index in [0.717, 1.165) is 13.1 Å². The Bertz CT molecular complexity index is 465. The van der Waals surface area contributed by atoms with Crippen molar-refractivity contribution in [3.63, 3.8) is 0 Å². The molecule has 2 unspecified atom stereocenters. The third kappa shape index (κ3) is 3.95. The van der Waals surface area contributed by atoms with Gasteiger partial charge in [0.2, 0.25) is 0 Å². The number of Topliss-reactive ketones (excluding diaryl/α,β-unsaturated/α-hetero) is 1. The van der Waals surface area contributed by atoms with Crippen molar-refractivity contribution < 1.29 is 4.79 Å². The van der Waals surface area contributed by atoms with Crippen LogP contribution in [0.3, 0.4) is 0 Å². The number of likely N-dealkylation sites (tertiary alicyclic amines) is 1. The fourth-order valence-electron chi connectivity index (χ4n) is 2.89. The van der Waals surface area contributed by atoms with Crippen molar-refractivity contribution in [2.45, 2.75) is 20.3 Å². The summed E-state index contributed by atoms with van der Waals surface area (Å²) in [6.45, 7) is 6.94. The fourth-order valence-corrected chi connectivity index (χ4v) is 3.18. The van der Waals surface area contributed by atoms with Gasteiger partial charge in [-0.15, -0.1) is 0 Å². The van der Waals surface area contributed by atoms with Crippen molar-refractivity contribution in [1.82, 2.24) is 4.90 Å². The van der Waals surface area contributed by atoms with Crippen LogP contribution < -0.4 is 0 Å². The van der Waals surface area contributed by atoms with Crippen LogP contribution in [0.25, 0.3) is 0 Å². The SMILES string of the molecule is CC1CC(C)CN(CC(=O)c2ccc(Cl)c(Cl)c2)C1. The lowest BCUT2D eigenvalue weighted by molar-refractivity contribution is 0.0849. The lowest BCUT2D eigenvalue weighted by Crippen LogP contribution is -2.41. The first-order valence-electron chi connectivity index (χ1n) is 6.66. The summed E-state index contributed by atoms with van der Waals surface area (Å²) in [6, 6.07) is 5.08. The molecule has 1 aliphatic heterocycles. The molecule has 0 radical (unpaired) electrons. The molecule has 1 aromatic carbocycles. The topological polar surface area (TPSA) is 20.3 Å². The molecule has 0 saturated carbocycles. The van der Waals surface area contributed by atoms with Gasteiger partial charge in [0.05, 0.1) is 16.6 Å². The van der Waals surface area contributed by atoms with Crippen LogP contribution in [0.2, 0.25) is 10.0 Å². The quantitative estimate of drug-likeness (QED) is 0.781. The highest BCUT2D eigenvalue weighted by Gasteiger charge is 2.23. The normalized spacial score (nSPS) is 24.4. The Morgan fingerprint density at radius 3 is 2.42 bits per heavy atom. The van der Waals surface area contributed by atoms with E-state index < -0.39 is 0 Å². The number of hydrogen-bond donors (Lipinski definition) is 0. The lowest BCUT2D eigenvalue weighted by Gasteiger charge is -2.34. The van der Waals surface area contributed by atoms with Gasteiger partial charge in [-0.3, -0.25) is 9.69 Å². The zero-order valence-corrected chi connectivity index (χ0v) is 12.8. The van der Waals surface area contributed by atoms with Gasteiger partial charge in [-0.05, 0) is 36.5 Å². The van der Waals surface area contributed by atoms with Crippen LogP contribution in [0.1, 0.15) is 30.6 Å². The zero-order chi connectivity index (χ0) is 14.0. The Morgan fingerprint density at radius 2 is 1.84 bits per heavy atom. The van der Waals surface area contributed by atoms with E-state index in [2.05, 4.69) is 18.7 Å². The monoisotopic (exact) mass is 299 g/mol. The number of piperidine rings is 1. The molecular formula is C15H19Cl2NO. The van der Waals surface area contributed by atoms with Gasteiger partial charge in [-0.1, -0.05) is 37.0 Å². The van der Waals surface area contributed by atoms with Crippen molar-refractivity contribution in [2.75, 3.05) is 19.6 Å². The van der Waals surface area contributed by atoms with Crippen molar-refractivity contribution >= 4 is 29.0 Å². The molecule has 0 aromatic heterocycles. The highest BCUT2D eigenvalue weighted by atomic mass is 35.5. The second-order valence-corrected chi connectivity index (χ2v) is 6.51. The van der Waals surface area contributed by atoms with E-state index in [1.165, 1.54) is 6.42 Å². The van der Waals surface area contributed by atoms with E-state index >= 15 is 0 Å². The molecule has 1 heterocycles. The fraction of sp³-hybridized carbons (Fsp3) is 0.533. The third-order valence-electron chi connectivity index (χ3n) is 3.55. The molecule has 1 aliphatic rings. The molecule has 1 aromatic rings. The van der Waals surface area contributed by atoms with Crippen LogP contribution >= 0.6 is 23.2 Å². The molecule has 0 bridgehead atoms. The maximum absolute atomic E-state index is 12.2. The Kier molecular flexibility index (Phi) is 4.88. The molecule has 0 aliphatic carbocycles. The molecule has 0 amide bonds. The summed E-state index contributed by atoms with van der Waals surface area (Å²) in [6.07, 6.45) is 1.25. The summed E-state index contributed by atoms with van der Waals surface area (Å²) in [5.74, 6) is 1.43. The van der Waals surface area contributed by atoms with Gasteiger partial charge in [0.1, 0.15) is 0 Å². The summed E-state index contributed by atoms with van der Waals surface area (Å²) in [4.78, 5) is 14.5. The predicted molar refractivity (Wildman–Crippen MR) is 80.2 cm³/mol. The molecule has 0 N–H and O–H groups in total. The van der Waals surface area contributed by atoms with Crippen molar-refractivity contribution in [3.05, 3.63) is 33.8 Å². The standard InChI is InChI=1S/C15H19Cl2NO/c1-10-5-11(2)8-18(7-10)9-15(19)12-3-4-13(16)14(17)6-12/h3-4,6,10-11H,5,7-9H2,1-2H3. The predicted octanol–water partition coefficient (Wildman–Crippen LogP) is 4.15. The number of carbonyl (C=O) groups is 1. The number of rotatable bonds is 3. The molecular weight excluding hydrogens is 281 g/mol. The Morgan fingerprint density at radius 1 is 1.21 bits per heavy atom. The summed E-state index contributed by atoms with van der Waals surface area (Å²) in [7, 11) is 0.